The highest BCUT2D eigenvalue weighted by Crippen LogP contribution is 2.26. The summed E-state index contributed by atoms with van der Waals surface area (Å²) in [4.78, 5) is 6.41. The summed E-state index contributed by atoms with van der Waals surface area (Å²) in [6, 6.07) is 13.8. The Hall–Kier alpha value is -2.47. The molecule has 0 unspecified atom stereocenters. The molecule has 106 valence electrons. The fraction of sp³-hybridized carbons (Fsp3) is 0.133. The van der Waals surface area contributed by atoms with Gasteiger partial charge in [0.05, 0.1) is 11.4 Å². The number of aromatic nitrogens is 4. The van der Waals surface area contributed by atoms with E-state index in [1.165, 1.54) is 0 Å². The van der Waals surface area contributed by atoms with E-state index in [1.54, 1.807) is 6.20 Å². The minimum Gasteiger partial charge on any atom is -0.376 e. The number of nitrogens with zero attached hydrogens (tertiary/aromatic N) is 4. The van der Waals surface area contributed by atoms with Gasteiger partial charge in [-0.1, -0.05) is 18.2 Å². The van der Waals surface area contributed by atoms with Crippen molar-refractivity contribution in [2.75, 3.05) is 19.0 Å². The van der Waals surface area contributed by atoms with E-state index >= 15 is 0 Å². The summed E-state index contributed by atoms with van der Waals surface area (Å²) in [5, 5.41) is 7.19. The van der Waals surface area contributed by atoms with Crippen molar-refractivity contribution in [3.8, 4) is 17.2 Å². The van der Waals surface area contributed by atoms with E-state index in [9.17, 15) is 0 Å². The first-order valence-electron chi connectivity index (χ1n) is 6.54. The number of benzene rings is 1. The molecule has 21 heavy (non-hydrogen) atoms. The van der Waals surface area contributed by atoms with E-state index in [1.807, 2.05) is 66.0 Å². The van der Waals surface area contributed by atoms with E-state index in [-0.39, 0.29) is 0 Å². The lowest BCUT2D eigenvalue weighted by Crippen LogP contribution is -2.12. The van der Waals surface area contributed by atoms with Crippen LogP contribution in [0, 0.1) is 4.77 Å². The molecular weight excluding hydrogens is 282 g/mol. The fourth-order valence-corrected chi connectivity index (χ4v) is 2.45. The first-order valence-corrected chi connectivity index (χ1v) is 6.95. The number of aromatic amines is 1. The van der Waals surface area contributed by atoms with Crippen LogP contribution in [0.25, 0.3) is 17.2 Å². The molecule has 1 N–H and O–H groups in total. The van der Waals surface area contributed by atoms with Gasteiger partial charge in [0.1, 0.15) is 5.69 Å². The highest BCUT2D eigenvalue weighted by atomic mass is 32.1. The number of hydrogen-bond donors (Lipinski definition) is 1. The maximum absolute atomic E-state index is 5.40. The molecule has 3 rings (SSSR count). The van der Waals surface area contributed by atoms with E-state index in [0.717, 1.165) is 17.1 Å². The highest BCUT2D eigenvalue weighted by molar-refractivity contribution is 7.71. The van der Waals surface area contributed by atoms with Crippen LogP contribution in [0.2, 0.25) is 0 Å². The van der Waals surface area contributed by atoms with Crippen LogP contribution in [0.5, 0.6) is 0 Å². The molecule has 2 aromatic heterocycles. The Labute approximate surface area is 127 Å². The molecule has 0 atom stereocenters. The Balaban J connectivity index is 2.26. The van der Waals surface area contributed by atoms with Crippen molar-refractivity contribution in [2.24, 2.45) is 0 Å². The van der Waals surface area contributed by atoms with Gasteiger partial charge in [-0.3, -0.25) is 14.6 Å². The van der Waals surface area contributed by atoms with Gasteiger partial charge in [-0.05, 0) is 36.5 Å². The van der Waals surface area contributed by atoms with Gasteiger partial charge < -0.3 is 4.90 Å². The second-order valence-corrected chi connectivity index (χ2v) is 5.17. The number of rotatable bonds is 3. The van der Waals surface area contributed by atoms with Gasteiger partial charge in [0.25, 0.3) is 0 Å². The summed E-state index contributed by atoms with van der Waals surface area (Å²) in [5.41, 5.74) is 2.81. The third kappa shape index (κ3) is 2.45. The molecule has 0 radical (unpaired) electrons. The molecular formula is C15H15N5S. The second-order valence-electron chi connectivity index (χ2n) is 4.79. The third-order valence-electron chi connectivity index (χ3n) is 3.17. The van der Waals surface area contributed by atoms with Crippen molar-refractivity contribution >= 4 is 17.9 Å². The Kier molecular flexibility index (Phi) is 3.53. The predicted octanol–water partition coefficient (Wildman–Crippen LogP) is 3.06. The molecule has 5 nitrogen and oxygen atoms in total. The zero-order valence-electron chi connectivity index (χ0n) is 11.8. The van der Waals surface area contributed by atoms with E-state index in [0.29, 0.717) is 10.6 Å². The molecule has 0 saturated carbocycles. The zero-order valence-corrected chi connectivity index (χ0v) is 12.6. The van der Waals surface area contributed by atoms with E-state index in [2.05, 4.69) is 15.2 Å². The molecule has 6 heteroatoms. The fourth-order valence-electron chi connectivity index (χ4n) is 2.22. The van der Waals surface area contributed by atoms with Crippen LogP contribution in [-0.4, -0.2) is 33.8 Å². The topological polar surface area (TPSA) is 49.7 Å². The van der Waals surface area contributed by atoms with E-state index < -0.39 is 0 Å². The normalized spacial score (nSPS) is 10.6. The molecule has 1 aromatic carbocycles. The van der Waals surface area contributed by atoms with Gasteiger partial charge in [0.2, 0.25) is 0 Å². The van der Waals surface area contributed by atoms with Crippen LogP contribution in [0.15, 0.2) is 48.7 Å². The van der Waals surface area contributed by atoms with Crippen LogP contribution in [0.1, 0.15) is 0 Å². The lowest BCUT2D eigenvalue weighted by Gasteiger charge is -2.18. The molecule has 0 amide bonds. The molecule has 0 saturated heterocycles. The number of H-pyrrole nitrogens is 1. The van der Waals surface area contributed by atoms with Gasteiger partial charge in [0, 0.05) is 20.3 Å². The summed E-state index contributed by atoms with van der Waals surface area (Å²) in [7, 11) is 4.01. The predicted molar refractivity (Wildman–Crippen MR) is 86.3 cm³/mol. The summed E-state index contributed by atoms with van der Waals surface area (Å²) in [6.07, 6.45) is 1.75. The number of pyridine rings is 1. The van der Waals surface area contributed by atoms with Crippen LogP contribution in [0.3, 0.4) is 0 Å². The van der Waals surface area contributed by atoms with Crippen molar-refractivity contribution in [1.82, 2.24) is 19.7 Å². The first-order chi connectivity index (χ1) is 10.2. The Morgan fingerprint density at radius 1 is 1.10 bits per heavy atom. The number of anilines is 1. The molecule has 0 fully saturated rings. The third-order valence-corrected chi connectivity index (χ3v) is 3.44. The van der Waals surface area contributed by atoms with Crippen LogP contribution >= 0.6 is 12.2 Å². The zero-order chi connectivity index (χ0) is 14.8. The van der Waals surface area contributed by atoms with Gasteiger partial charge in [-0.2, -0.15) is 5.10 Å². The monoisotopic (exact) mass is 297 g/mol. The second kappa shape index (κ2) is 5.49. The quantitative estimate of drug-likeness (QED) is 0.755. The molecule has 3 aromatic rings. The Bertz CT molecular complexity index is 804. The minimum absolute atomic E-state index is 0.546. The summed E-state index contributed by atoms with van der Waals surface area (Å²) in [6.45, 7) is 0. The molecule has 0 aliphatic carbocycles. The Morgan fingerprint density at radius 3 is 2.57 bits per heavy atom. The van der Waals surface area contributed by atoms with Crippen LogP contribution in [0.4, 0.5) is 5.69 Å². The van der Waals surface area contributed by atoms with Gasteiger partial charge >= 0.3 is 0 Å². The molecule has 0 spiro atoms. The smallest absolute Gasteiger partial charge is 0.200 e. The van der Waals surface area contributed by atoms with Gasteiger partial charge in [-0.15, -0.1) is 0 Å². The average Bonchev–Trinajstić information content (AvgIpc) is 2.89. The average molecular weight is 297 g/mol. The number of para-hydroxylation sites is 2. The van der Waals surface area contributed by atoms with E-state index in [4.69, 9.17) is 12.2 Å². The lowest BCUT2D eigenvalue weighted by molar-refractivity contribution is 1.00. The minimum atomic E-state index is 0.546. The standard InChI is InChI=1S/C15H15N5S/c1-19(2)12-8-3-4-9-13(12)20-14(17-18-15(20)21)11-7-5-6-10-16-11/h3-10H,1-2H3,(H,18,21). The SMILES string of the molecule is CN(C)c1ccccc1-n1c(-c2ccccn2)n[nH]c1=S. The summed E-state index contributed by atoms with van der Waals surface area (Å²) < 4.78 is 2.46. The summed E-state index contributed by atoms with van der Waals surface area (Å²) in [5.74, 6) is 0.704. The lowest BCUT2D eigenvalue weighted by atomic mass is 10.2. The highest BCUT2D eigenvalue weighted by Gasteiger charge is 2.14. The van der Waals surface area contributed by atoms with Crippen molar-refractivity contribution in [2.45, 2.75) is 0 Å². The van der Waals surface area contributed by atoms with Gasteiger partial charge in [-0.25, -0.2) is 0 Å². The van der Waals surface area contributed by atoms with Crippen molar-refractivity contribution in [3.05, 3.63) is 53.4 Å². The van der Waals surface area contributed by atoms with Gasteiger partial charge in [0.15, 0.2) is 10.6 Å². The summed E-state index contributed by atoms with van der Waals surface area (Å²) >= 11 is 5.40. The Morgan fingerprint density at radius 2 is 1.86 bits per heavy atom. The first kappa shape index (κ1) is 13.5. The number of hydrogen-bond acceptors (Lipinski definition) is 4. The largest absolute Gasteiger partial charge is 0.376 e. The van der Waals surface area contributed by atoms with Crippen molar-refractivity contribution in [3.63, 3.8) is 0 Å². The number of nitrogens with one attached hydrogen (secondary N) is 1. The van der Waals surface area contributed by atoms with Crippen molar-refractivity contribution < 1.29 is 0 Å². The van der Waals surface area contributed by atoms with Crippen LogP contribution in [-0.2, 0) is 0 Å². The molecule has 0 aliphatic heterocycles. The molecule has 2 heterocycles. The molecule has 0 aliphatic rings. The maximum Gasteiger partial charge on any atom is 0.200 e. The van der Waals surface area contributed by atoms with Crippen molar-refractivity contribution in [1.29, 1.82) is 0 Å². The molecule has 0 bridgehead atoms. The van der Waals surface area contributed by atoms with Crippen LogP contribution < -0.4 is 4.90 Å². The maximum atomic E-state index is 5.40.